The minimum atomic E-state index is -0.0882. The summed E-state index contributed by atoms with van der Waals surface area (Å²) in [6, 6.07) is 17.8. The first kappa shape index (κ1) is 16.7. The van der Waals surface area contributed by atoms with Crippen LogP contribution in [0.15, 0.2) is 60.8 Å². The van der Waals surface area contributed by atoms with Crippen LogP contribution in [0.4, 0.5) is 11.4 Å². The van der Waals surface area contributed by atoms with Crippen LogP contribution in [0.5, 0.6) is 0 Å². The Morgan fingerprint density at radius 1 is 1.00 bits per heavy atom. The maximum absolute atomic E-state index is 12.5. The van der Waals surface area contributed by atoms with Crippen LogP contribution in [0.25, 0.3) is 5.69 Å². The number of carbonyl (C=O) groups is 2. The third-order valence-corrected chi connectivity index (χ3v) is 5.49. The normalized spacial score (nSPS) is 18.9. The zero-order chi connectivity index (χ0) is 19.1. The monoisotopic (exact) mass is 372 g/mol. The summed E-state index contributed by atoms with van der Waals surface area (Å²) in [6.07, 6.45) is 3.60. The van der Waals surface area contributed by atoms with Gasteiger partial charge in [-0.05, 0) is 42.3 Å². The summed E-state index contributed by atoms with van der Waals surface area (Å²) in [6.45, 7) is 0.732. The highest BCUT2D eigenvalue weighted by atomic mass is 16.2. The van der Waals surface area contributed by atoms with Crippen LogP contribution in [-0.4, -0.2) is 28.1 Å². The molecule has 5 rings (SSSR count). The first-order chi connectivity index (χ1) is 13.7. The van der Waals surface area contributed by atoms with Crippen molar-refractivity contribution in [1.29, 1.82) is 0 Å². The van der Waals surface area contributed by atoms with Crippen molar-refractivity contribution in [3.05, 3.63) is 72.1 Å². The van der Waals surface area contributed by atoms with Gasteiger partial charge in [-0.3, -0.25) is 9.59 Å². The number of nitrogens with one attached hydrogen (secondary N) is 1. The molecule has 1 N–H and O–H groups in total. The number of aromatic nitrogens is 2. The highest BCUT2D eigenvalue weighted by molar-refractivity contribution is 5.99. The Hall–Kier alpha value is -3.41. The number of para-hydroxylation sites is 1. The maximum Gasteiger partial charge on any atom is 0.227 e. The highest BCUT2D eigenvalue weighted by Gasteiger charge is 2.30. The minimum absolute atomic E-state index is 0.0248. The van der Waals surface area contributed by atoms with E-state index in [1.807, 2.05) is 59.3 Å². The number of nitrogens with zero attached hydrogens (tertiary/aromatic N) is 3. The Morgan fingerprint density at radius 2 is 1.86 bits per heavy atom. The Kier molecular flexibility index (Phi) is 3.97. The van der Waals surface area contributed by atoms with Gasteiger partial charge in [0, 0.05) is 42.9 Å². The van der Waals surface area contributed by atoms with E-state index in [4.69, 9.17) is 0 Å². The number of benzene rings is 2. The Labute approximate surface area is 162 Å². The molecule has 0 saturated carbocycles. The molecule has 2 amide bonds. The van der Waals surface area contributed by atoms with Crippen LogP contribution in [0.3, 0.4) is 0 Å². The lowest BCUT2D eigenvalue weighted by Crippen LogP contribution is -2.27. The Morgan fingerprint density at radius 3 is 2.64 bits per heavy atom. The Balaban J connectivity index is 1.56. The molecule has 3 aromatic rings. The minimum Gasteiger partial charge on any atom is -0.326 e. The quantitative estimate of drug-likeness (QED) is 0.765. The largest absolute Gasteiger partial charge is 0.326 e. The van der Waals surface area contributed by atoms with Gasteiger partial charge in [0.15, 0.2) is 0 Å². The summed E-state index contributed by atoms with van der Waals surface area (Å²) in [5.41, 5.74) is 4.62. The second kappa shape index (κ2) is 6.64. The molecule has 1 fully saturated rings. The predicted octanol–water partition coefficient (Wildman–Crippen LogP) is 3.47. The fraction of sp³-hybridized carbons (Fsp3) is 0.227. The number of rotatable bonds is 3. The zero-order valence-corrected chi connectivity index (χ0v) is 15.3. The second-order valence-electron chi connectivity index (χ2n) is 7.23. The summed E-state index contributed by atoms with van der Waals surface area (Å²) in [5.74, 6) is 0.0267. The number of fused-ring (bicyclic) bond motifs is 1. The van der Waals surface area contributed by atoms with E-state index in [9.17, 15) is 9.59 Å². The van der Waals surface area contributed by atoms with Gasteiger partial charge in [0.1, 0.15) is 0 Å². The number of amides is 2. The van der Waals surface area contributed by atoms with Crippen molar-refractivity contribution in [2.24, 2.45) is 0 Å². The molecular formula is C22H20N4O2. The Bertz CT molecular complexity index is 1060. The molecule has 1 atom stereocenters. The van der Waals surface area contributed by atoms with Crippen molar-refractivity contribution in [3.8, 4) is 5.69 Å². The van der Waals surface area contributed by atoms with E-state index in [1.54, 1.807) is 11.1 Å². The van der Waals surface area contributed by atoms with Gasteiger partial charge in [-0.15, -0.1) is 0 Å². The van der Waals surface area contributed by atoms with E-state index in [1.165, 1.54) is 0 Å². The molecule has 28 heavy (non-hydrogen) atoms. The number of anilines is 2. The van der Waals surface area contributed by atoms with E-state index >= 15 is 0 Å². The molecule has 0 aliphatic carbocycles. The van der Waals surface area contributed by atoms with Gasteiger partial charge < -0.3 is 10.2 Å². The highest BCUT2D eigenvalue weighted by Crippen LogP contribution is 2.40. The third kappa shape index (κ3) is 2.78. The van der Waals surface area contributed by atoms with Crippen LogP contribution in [0.2, 0.25) is 0 Å². The molecule has 2 aliphatic heterocycles. The molecule has 0 bridgehead atoms. The first-order valence-corrected chi connectivity index (χ1v) is 9.54. The summed E-state index contributed by atoms with van der Waals surface area (Å²) in [4.78, 5) is 26.3. The lowest BCUT2D eigenvalue weighted by molar-refractivity contribution is -0.117. The summed E-state index contributed by atoms with van der Waals surface area (Å²) in [5, 5.41) is 7.47. The summed E-state index contributed by atoms with van der Waals surface area (Å²) < 4.78 is 1.89. The summed E-state index contributed by atoms with van der Waals surface area (Å²) >= 11 is 0. The van der Waals surface area contributed by atoms with Gasteiger partial charge in [-0.25, -0.2) is 4.68 Å². The molecule has 3 heterocycles. The lowest BCUT2D eigenvalue weighted by atomic mass is 9.87. The number of hydrogen-bond donors (Lipinski definition) is 1. The number of hydrogen-bond acceptors (Lipinski definition) is 3. The molecule has 6 heteroatoms. The molecule has 0 radical (unpaired) electrons. The second-order valence-corrected chi connectivity index (χ2v) is 7.23. The van der Waals surface area contributed by atoms with E-state index in [0.717, 1.165) is 41.3 Å². The average Bonchev–Trinajstić information content (AvgIpc) is 3.36. The molecule has 1 unspecified atom stereocenters. The van der Waals surface area contributed by atoms with Gasteiger partial charge in [-0.2, -0.15) is 5.10 Å². The van der Waals surface area contributed by atoms with E-state index in [2.05, 4.69) is 10.4 Å². The van der Waals surface area contributed by atoms with E-state index in [0.29, 0.717) is 12.8 Å². The molecule has 2 aromatic carbocycles. The smallest absolute Gasteiger partial charge is 0.227 e. The SMILES string of the molecule is O=C1CC(c2ccnn2-c2ccccc2)c2ccc(N3CCCC3=O)cc2N1. The fourth-order valence-corrected chi connectivity index (χ4v) is 4.17. The molecule has 6 nitrogen and oxygen atoms in total. The van der Waals surface area contributed by atoms with Crippen LogP contribution < -0.4 is 10.2 Å². The van der Waals surface area contributed by atoms with Crippen LogP contribution in [0, 0.1) is 0 Å². The average molecular weight is 372 g/mol. The molecule has 2 aliphatic rings. The molecule has 1 saturated heterocycles. The van der Waals surface area contributed by atoms with E-state index in [-0.39, 0.29) is 17.7 Å². The van der Waals surface area contributed by atoms with E-state index < -0.39 is 0 Å². The van der Waals surface area contributed by atoms with Crippen molar-refractivity contribution in [3.63, 3.8) is 0 Å². The van der Waals surface area contributed by atoms with Crippen molar-refractivity contribution in [1.82, 2.24) is 9.78 Å². The van der Waals surface area contributed by atoms with Crippen LogP contribution in [0.1, 0.15) is 36.4 Å². The zero-order valence-electron chi connectivity index (χ0n) is 15.3. The fourth-order valence-electron chi connectivity index (χ4n) is 4.17. The van der Waals surface area contributed by atoms with Gasteiger partial charge in [0.2, 0.25) is 11.8 Å². The van der Waals surface area contributed by atoms with Gasteiger partial charge in [0.25, 0.3) is 0 Å². The van der Waals surface area contributed by atoms with Gasteiger partial charge in [-0.1, -0.05) is 24.3 Å². The van der Waals surface area contributed by atoms with Gasteiger partial charge >= 0.3 is 0 Å². The standard InChI is InChI=1S/C22H20N4O2/c27-21-14-18(20-10-11-23-26(20)15-5-2-1-3-6-15)17-9-8-16(13-19(17)24-21)25-12-4-7-22(25)28/h1-3,5-6,8-11,13,18H,4,7,12,14H2,(H,24,27). The lowest BCUT2D eigenvalue weighted by Gasteiger charge is -2.28. The van der Waals surface area contributed by atoms with Crippen LogP contribution in [-0.2, 0) is 9.59 Å². The first-order valence-electron chi connectivity index (χ1n) is 9.54. The molecule has 1 aromatic heterocycles. The van der Waals surface area contributed by atoms with Crippen LogP contribution >= 0.6 is 0 Å². The summed E-state index contributed by atoms with van der Waals surface area (Å²) in [7, 11) is 0. The number of carbonyl (C=O) groups excluding carboxylic acids is 2. The molecule has 140 valence electrons. The topological polar surface area (TPSA) is 67.2 Å². The van der Waals surface area contributed by atoms with Crippen molar-refractivity contribution >= 4 is 23.2 Å². The maximum atomic E-state index is 12.5. The van der Waals surface area contributed by atoms with Crippen molar-refractivity contribution in [2.45, 2.75) is 25.2 Å². The third-order valence-electron chi connectivity index (χ3n) is 5.49. The van der Waals surface area contributed by atoms with Crippen molar-refractivity contribution < 1.29 is 9.59 Å². The molecule has 0 spiro atoms. The predicted molar refractivity (Wildman–Crippen MR) is 107 cm³/mol. The van der Waals surface area contributed by atoms with Crippen molar-refractivity contribution in [2.75, 3.05) is 16.8 Å². The van der Waals surface area contributed by atoms with Gasteiger partial charge in [0.05, 0.1) is 11.4 Å². The molecular weight excluding hydrogens is 352 g/mol.